The van der Waals surface area contributed by atoms with Crippen molar-refractivity contribution >= 4 is 5.78 Å². The second kappa shape index (κ2) is 4.15. The highest BCUT2D eigenvalue weighted by atomic mass is 16.1. The zero-order valence-electron chi connectivity index (χ0n) is 6.60. The fourth-order valence-electron chi connectivity index (χ4n) is 1.35. The van der Waals surface area contributed by atoms with Crippen molar-refractivity contribution in [2.45, 2.75) is 31.7 Å². The first-order valence-electron chi connectivity index (χ1n) is 4.04. The number of carbonyl (C=O) groups excluding carboxylic acids is 1. The van der Waals surface area contributed by atoms with Gasteiger partial charge in [0.1, 0.15) is 0 Å². The molecule has 0 radical (unpaired) electrons. The molecule has 11 heavy (non-hydrogen) atoms. The van der Waals surface area contributed by atoms with E-state index >= 15 is 0 Å². The standard InChI is InChI=1S/C9H13NO/c1-2-5-9(11)8-6-3-4-7-10-8/h1,8,10H,3-7H2/t8-/m1/s1. The summed E-state index contributed by atoms with van der Waals surface area (Å²) < 4.78 is 0. The Morgan fingerprint density at radius 3 is 3.00 bits per heavy atom. The Balaban J connectivity index is 2.34. The van der Waals surface area contributed by atoms with Gasteiger partial charge in [-0.2, -0.15) is 0 Å². The lowest BCUT2D eigenvalue weighted by Crippen LogP contribution is -2.40. The number of piperidine rings is 1. The number of hydrogen-bond acceptors (Lipinski definition) is 2. The summed E-state index contributed by atoms with van der Waals surface area (Å²) in [5, 5.41) is 3.16. The minimum absolute atomic E-state index is 0.0415. The van der Waals surface area contributed by atoms with Crippen molar-refractivity contribution in [3.8, 4) is 12.3 Å². The highest BCUT2D eigenvalue weighted by Gasteiger charge is 2.18. The Kier molecular flexibility index (Phi) is 3.13. The molecule has 0 aromatic carbocycles. The SMILES string of the molecule is C#CCC(=O)[C@H]1CCCCN1. The first-order chi connectivity index (χ1) is 5.34. The molecule has 1 aliphatic rings. The Morgan fingerprint density at radius 1 is 1.64 bits per heavy atom. The lowest BCUT2D eigenvalue weighted by molar-refractivity contribution is -0.120. The van der Waals surface area contributed by atoms with Crippen molar-refractivity contribution in [1.82, 2.24) is 5.32 Å². The van der Waals surface area contributed by atoms with Crippen molar-refractivity contribution in [3.63, 3.8) is 0 Å². The van der Waals surface area contributed by atoms with E-state index in [1.54, 1.807) is 0 Å². The van der Waals surface area contributed by atoms with E-state index in [1.807, 2.05) is 0 Å². The third-order valence-corrected chi connectivity index (χ3v) is 1.98. The number of terminal acetylenes is 1. The fourth-order valence-corrected chi connectivity index (χ4v) is 1.35. The van der Waals surface area contributed by atoms with Gasteiger partial charge in [0, 0.05) is 0 Å². The molecule has 0 saturated carbocycles. The summed E-state index contributed by atoms with van der Waals surface area (Å²) in [6, 6.07) is 0.0415. The summed E-state index contributed by atoms with van der Waals surface area (Å²) in [4.78, 5) is 11.2. The van der Waals surface area contributed by atoms with E-state index in [0.29, 0.717) is 0 Å². The van der Waals surface area contributed by atoms with E-state index in [9.17, 15) is 4.79 Å². The summed E-state index contributed by atoms with van der Waals surface area (Å²) in [5.74, 6) is 2.55. The van der Waals surface area contributed by atoms with Gasteiger partial charge in [0.25, 0.3) is 0 Å². The highest BCUT2D eigenvalue weighted by molar-refractivity contribution is 5.86. The molecular weight excluding hydrogens is 138 g/mol. The van der Waals surface area contributed by atoms with Crippen LogP contribution in [0.2, 0.25) is 0 Å². The van der Waals surface area contributed by atoms with Crippen LogP contribution in [0.3, 0.4) is 0 Å². The molecular formula is C9H13NO. The molecule has 2 nitrogen and oxygen atoms in total. The van der Waals surface area contributed by atoms with Crippen LogP contribution in [-0.2, 0) is 4.79 Å². The summed E-state index contributed by atoms with van der Waals surface area (Å²) in [6.45, 7) is 0.959. The van der Waals surface area contributed by atoms with Gasteiger partial charge >= 0.3 is 0 Å². The second-order valence-corrected chi connectivity index (χ2v) is 2.85. The van der Waals surface area contributed by atoms with E-state index in [0.717, 1.165) is 19.4 Å². The molecule has 2 heteroatoms. The van der Waals surface area contributed by atoms with E-state index in [2.05, 4.69) is 11.2 Å². The monoisotopic (exact) mass is 151 g/mol. The van der Waals surface area contributed by atoms with Crippen molar-refractivity contribution in [3.05, 3.63) is 0 Å². The van der Waals surface area contributed by atoms with Crippen LogP contribution < -0.4 is 5.32 Å². The van der Waals surface area contributed by atoms with Crippen LogP contribution in [0.4, 0.5) is 0 Å². The summed E-state index contributed by atoms with van der Waals surface area (Å²) in [6.07, 6.45) is 8.60. The zero-order valence-corrected chi connectivity index (χ0v) is 6.60. The van der Waals surface area contributed by atoms with Gasteiger partial charge in [0.15, 0.2) is 5.78 Å². The minimum atomic E-state index is 0.0415. The minimum Gasteiger partial charge on any atom is -0.307 e. The summed E-state index contributed by atoms with van der Waals surface area (Å²) in [5.41, 5.74) is 0. The number of Topliss-reactive ketones (excluding diaryl/α,β-unsaturated/α-hetero) is 1. The molecule has 0 unspecified atom stereocenters. The molecule has 0 bridgehead atoms. The summed E-state index contributed by atoms with van der Waals surface area (Å²) in [7, 11) is 0. The van der Waals surface area contributed by atoms with Crippen LogP contribution in [0.1, 0.15) is 25.7 Å². The van der Waals surface area contributed by atoms with Gasteiger partial charge in [0.2, 0.25) is 0 Å². The Hall–Kier alpha value is -0.810. The van der Waals surface area contributed by atoms with Crippen LogP contribution in [-0.4, -0.2) is 18.4 Å². The average Bonchev–Trinajstić information content (AvgIpc) is 2.07. The Bertz CT molecular complexity index is 174. The van der Waals surface area contributed by atoms with Crippen molar-refractivity contribution in [2.24, 2.45) is 0 Å². The third-order valence-electron chi connectivity index (χ3n) is 1.98. The van der Waals surface area contributed by atoms with E-state index in [4.69, 9.17) is 6.42 Å². The number of nitrogens with one attached hydrogen (secondary N) is 1. The van der Waals surface area contributed by atoms with Gasteiger partial charge < -0.3 is 5.32 Å². The lowest BCUT2D eigenvalue weighted by atomic mass is 10.00. The predicted molar refractivity (Wildman–Crippen MR) is 44.1 cm³/mol. The molecule has 1 fully saturated rings. The number of rotatable bonds is 2. The topological polar surface area (TPSA) is 29.1 Å². The maximum absolute atomic E-state index is 11.2. The number of ketones is 1. The highest BCUT2D eigenvalue weighted by Crippen LogP contribution is 2.08. The molecule has 0 aromatic rings. The molecule has 1 aliphatic heterocycles. The normalized spacial score (nSPS) is 24.1. The Labute approximate surface area is 67.4 Å². The first-order valence-corrected chi connectivity index (χ1v) is 4.04. The molecule has 0 aliphatic carbocycles. The van der Waals surface area contributed by atoms with Gasteiger partial charge in [-0.1, -0.05) is 12.3 Å². The first kappa shape index (κ1) is 8.29. The average molecular weight is 151 g/mol. The van der Waals surface area contributed by atoms with Crippen LogP contribution in [0.5, 0.6) is 0 Å². The van der Waals surface area contributed by atoms with Gasteiger partial charge in [0.05, 0.1) is 12.5 Å². The zero-order chi connectivity index (χ0) is 8.10. The third kappa shape index (κ3) is 2.36. The quantitative estimate of drug-likeness (QED) is 0.589. The molecule has 1 heterocycles. The Morgan fingerprint density at radius 2 is 2.45 bits per heavy atom. The summed E-state index contributed by atoms with van der Waals surface area (Å²) >= 11 is 0. The fraction of sp³-hybridized carbons (Fsp3) is 0.667. The van der Waals surface area contributed by atoms with Crippen LogP contribution in [0, 0.1) is 12.3 Å². The van der Waals surface area contributed by atoms with Gasteiger partial charge in [-0.3, -0.25) is 4.79 Å². The van der Waals surface area contributed by atoms with Crippen LogP contribution >= 0.6 is 0 Å². The van der Waals surface area contributed by atoms with Crippen LogP contribution in [0.15, 0.2) is 0 Å². The predicted octanol–water partition coefficient (Wildman–Crippen LogP) is 0.721. The van der Waals surface area contributed by atoms with Crippen molar-refractivity contribution in [2.75, 3.05) is 6.54 Å². The number of hydrogen-bond donors (Lipinski definition) is 1. The smallest absolute Gasteiger partial charge is 0.161 e. The molecule has 0 aromatic heterocycles. The molecule has 1 rings (SSSR count). The molecule has 1 saturated heterocycles. The molecule has 0 amide bonds. The van der Waals surface area contributed by atoms with Gasteiger partial charge in [-0.05, 0) is 19.4 Å². The van der Waals surface area contributed by atoms with E-state index < -0.39 is 0 Å². The molecule has 1 N–H and O–H groups in total. The molecule has 60 valence electrons. The van der Waals surface area contributed by atoms with E-state index in [-0.39, 0.29) is 18.2 Å². The number of carbonyl (C=O) groups is 1. The van der Waals surface area contributed by atoms with Gasteiger partial charge in [-0.15, -0.1) is 6.42 Å². The van der Waals surface area contributed by atoms with Gasteiger partial charge in [-0.25, -0.2) is 0 Å². The van der Waals surface area contributed by atoms with Crippen LogP contribution in [0.25, 0.3) is 0 Å². The molecule has 1 atom stereocenters. The van der Waals surface area contributed by atoms with Crippen molar-refractivity contribution in [1.29, 1.82) is 0 Å². The maximum Gasteiger partial charge on any atom is 0.161 e. The largest absolute Gasteiger partial charge is 0.307 e. The second-order valence-electron chi connectivity index (χ2n) is 2.85. The van der Waals surface area contributed by atoms with Crippen molar-refractivity contribution < 1.29 is 4.79 Å². The van der Waals surface area contributed by atoms with E-state index in [1.165, 1.54) is 6.42 Å². The lowest BCUT2D eigenvalue weighted by Gasteiger charge is -2.21. The maximum atomic E-state index is 11.2. The molecule has 0 spiro atoms.